The Morgan fingerprint density at radius 2 is 1.85 bits per heavy atom. The quantitative estimate of drug-likeness (QED) is 0.558. The summed E-state index contributed by atoms with van der Waals surface area (Å²) in [5, 5.41) is 41.2. The monoisotopic (exact) mass is 364 g/mol. The first-order valence-corrected chi connectivity index (χ1v) is 9.73. The van der Waals surface area contributed by atoms with Gasteiger partial charge in [-0.3, -0.25) is 9.59 Å². The van der Waals surface area contributed by atoms with Crippen molar-refractivity contribution in [2.75, 3.05) is 0 Å². The van der Waals surface area contributed by atoms with Gasteiger partial charge in [0.15, 0.2) is 0 Å². The Kier molecular flexibility index (Phi) is 3.84. The molecule has 4 N–H and O–H groups in total. The molecule has 144 valence electrons. The molecular weight excluding hydrogens is 336 g/mol. The van der Waals surface area contributed by atoms with Gasteiger partial charge in [-0.05, 0) is 56.8 Å². The van der Waals surface area contributed by atoms with Crippen LogP contribution >= 0.6 is 0 Å². The van der Waals surface area contributed by atoms with Crippen molar-refractivity contribution in [3.8, 4) is 0 Å². The van der Waals surface area contributed by atoms with E-state index in [4.69, 9.17) is 0 Å². The number of rotatable bonds is 2. The molecule has 7 unspecified atom stereocenters. The van der Waals surface area contributed by atoms with Gasteiger partial charge in [0, 0.05) is 11.8 Å². The smallest absolute Gasteiger partial charge is 0.312 e. The Morgan fingerprint density at radius 3 is 2.50 bits per heavy atom. The SMILES string of the molecule is CC12CCC3C(CCC4(O)CC(O)CCC34C(=O)O)C1=CCC2C(=O)O. The molecule has 0 radical (unpaired) electrons. The molecule has 0 aliphatic heterocycles. The number of allylic oxidation sites excluding steroid dienone is 2. The first-order valence-electron chi connectivity index (χ1n) is 9.73. The Labute approximate surface area is 152 Å². The zero-order chi connectivity index (χ0) is 18.9. The van der Waals surface area contributed by atoms with Crippen molar-refractivity contribution >= 4 is 11.9 Å². The van der Waals surface area contributed by atoms with E-state index >= 15 is 0 Å². The van der Waals surface area contributed by atoms with Crippen LogP contribution in [-0.4, -0.2) is 44.1 Å². The van der Waals surface area contributed by atoms with Crippen molar-refractivity contribution in [2.45, 2.75) is 70.0 Å². The molecular formula is C20H28O6. The van der Waals surface area contributed by atoms with Crippen LogP contribution in [0.5, 0.6) is 0 Å². The lowest BCUT2D eigenvalue weighted by atomic mass is 9.43. The lowest BCUT2D eigenvalue weighted by Crippen LogP contribution is -2.66. The van der Waals surface area contributed by atoms with Crippen molar-refractivity contribution in [3.63, 3.8) is 0 Å². The Morgan fingerprint density at radius 1 is 1.12 bits per heavy atom. The van der Waals surface area contributed by atoms with Crippen LogP contribution in [0, 0.1) is 28.6 Å². The highest BCUT2D eigenvalue weighted by molar-refractivity contribution is 5.78. The molecule has 26 heavy (non-hydrogen) atoms. The van der Waals surface area contributed by atoms with Crippen LogP contribution in [0.1, 0.15) is 58.3 Å². The maximum atomic E-state index is 12.5. The maximum Gasteiger partial charge on any atom is 0.312 e. The molecule has 0 spiro atoms. The van der Waals surface area contributed by atoms with Gasteiger partial charge in [0.05, 0.1) is 23.0 Å². The second-order valence-electron chi connectivity index (χ2n) is 9.20. The molecule has 4 rings (SSSR count). The van der Waals surface area contributed by atoms with E-state index in [2.05, 4.69) is 0 Å². The van der Waals surface area contributed by atoms with Crippen LogP contribution in [0.4, 0.5) is 0 Å². The van der Waals surface area contributed by atoms with Crippen molar-refractivity contribution in [2.24, 2.45) is 28.6 Å². The fraction of sp³-hybridized carbons (Fsp3) is 0.800. The van der Waals surface area contributed by atoms with Crippen LogP contribution in [0.25, 0.3) is 0 Å². The van der Waals surface area contributed by atoms with Crippen molar-refractivity contribution in [3.05, 3.63) is 11.6 Å². The molecule has 7 atom stereocenters. The van der Waals surface area contributed by atoms with E-state index < -0.39 is 40.4 Å². The third kappa shape index (κ3) is 2.06. The summed E-state index contributed by atoms with van der Waals surface area (Å²) in [4.78, 5) is 24.2. The first-order chi connectivity index (χ1) is 12.2. The topological polar surface area (TPSA) is 115 Å². The molecule has 0 aromatic rings. The number of carboxylic acids is 2. The van der Waals surface area contributed by atoms with E-state index in [1.165, 1.54) is 0 Å². The highest BCUT2D eigenvalue weighted by atomic mass is 16.4. The normalized spacial score (nSPS) is 50.2. The van der Waals surface area contributed by atoms with Crippen LogP contribution in [0.15, 0.2) is 11.6 Å². The molecule has 0 heterocycles. The highest BCUT2D eigenvalue weighted by Crippen LogP contribution is 2.67. The second-order valence-corrected chi connectivity index (χ2v) is 9.20. The molecule has 3 fully saturated rings. The summed E-state index contributed by atoms with van der Waals surface area (Å²) in [6.45, 7) is 2.01. The summed E-state index contributed by atoms with van der Waals surface area (Å²) in [6, 6.07) is 0. The summed E-state index contributed by atoms with van der Waals surface area (Å²) in [6.07, 6.45) is 4.97. The van der Waals surface area contributed by atoms with Crippen molar-refractivity contribution in [1.82, 2.24) is 0 Å². The van der Waals surface area contributed by atoms with Gasteiger partial charge in [0.1, 0.15) is 0 Å². The number of aliphatic hydroxyl groups excluding tert-OH is 1. The summed E-state index contributed by atoms with van der Waals surface area (Å²) < 4.78 is 0. The second kappa shape index (κ2) is 5.55. The third-order valence-corrected chi connectivity index (χ3v) is 8.32. The molecule has 0 aromatic heterocycles. The van der Waals surface area contributed by atoms with E-state index in [1.54, 1.807) is 0 Å². The maximum absolute atomic E-state index is 12.5. The lowest BCUT2D eigenvalue weighted by Gasteiger charge is -2.61. The zero-order valence-electron chi connectivity index (χ0n) is 15.1. The number of carboxylic acid groups (broad SMARTS) is 2. The van der Waals surface area contributed by atoms with Gasteiger partial charge in [-0.25, -0.2) is 0 Å². The minimum atomic E-state index is -1.38. The average molecular weight is 364 g/mol. The number of fused-ring (bicyclic) bond motifs is 5. The molecule has 6 nitrogen and oxygen atoms in total. The zero-order valence-corrected chi connectivity index (χ0v) is 15.1. The number of hydrogen-bond donors (Lipinski definition) is 4. The summed E-state index contributed by atoms with van der Waals surface area (Å²) in [7, 11) is 0. The van der Waals surface area contributed by atoms with E-state index in [-0.39, 0.29) is 24.7 Å². The van der Waals surface area contributed by atoms with Crippen LogP contribution in [-0.2, 0) is 9.59 Å². The minimum Gasteiger partial charge on any atom is -0.481 e. The van der Waals surface area contributed by atoms with Gasteiger partial charge in [0.2, 0.25) is 0 Å². The van der Waals surface area contributed by atoms with E-state index in [1.807, 2.05) is 13.0 Å². The largest absolute Gasteiger partial charge is 0.481 e. The highest BCUT2D eigenvalue weighted by Gasteiger charge is 2.68. The first kappa shape index (κ1) is 18.0. The van der Waals surface area contributed by atoms with Gasteiger partial charge in [-0.1, -0.05) is 18.6 Å². The van der Waals surface area contributed by atoms with Gasteiger partial charge < -0.3 is 20.4 Å². The Balaban J connectivity index is 1.75. The number of carbonyl (C=O) groups is 2. The predicted octanol–water partition coefficient (Wildman–Crippen LogP) is 2.19. The molecule has 0 aromatic carbocycles. The molecule has 0 amide bonds. The number of aliphatic carboxylic acids is 2. The van der Waals surface area contributed by atoms with E-state index in [0.29, 0.717) is 38.5 Å². The standard InChI is InChI=1S/C20H28O6/c1-18-7-6-14-12(13(18)2-3-15(18)16(22)23)5-8-19(26)10-11(21)4-9-20(14,19)17(24)25/h2,11-12,14-15,21,26H,3-10H2,1H3,(H,22,23)(H,24,25). The van der Waals surface area contributed by atoms with Crippen LogP contribution in [0.2, 0.25) is 0 Å². The van der Waals surface area contributed by atoms with E-state index in [0.717, 1.165) is 5.57 Å². The summed E-state index contributed by atoms with van der Waals surface area (Å²) in [5.74, 6) is -2.35. The third-order valence-electron chi connectivity index (χ3n) is 8.32. The molecule has 6 heteroatoms. The summed E-state index contributed by atoms with van der Waals surface area (Å²) >= 11 is 0. The van der Waals surface area contributed by atoms with Crippen molar-refractivity contribution < 1.29 is 30.0 Å². The van der Waals surface area contributed by atoms with Crippen molar-refractivity contribution in [1.29, 1.82) is 0 Å². The van der Waals surface area contributed by atoms with Crippen LogP contribution < -0.4 is 0 Å². The van der Waals surface area contributed by atoms with Gasteiger partial charge in [0.25, 0.3) is 0 Å². The van der Waals surface area contributed by atoms with Gasteiger partial charge in [-0.2, -0.15) is 0 Å². The summed E-state index contributed by atoms with van der Waals surface area (Å²) in [5.41, 5.74) is -1.92. The molecule has 4 aliphatic carbocycles. The van der Waals surface area contributed by atoms with Gasteiger partial charge >= 0.3 is 11.9 Å². The number of hydrogen-bond acceptors (Lipinski definition) is 4. The molecule has 0 bridgehead atoms. The average Bonchev–Trinajstić information content (AvgIpc) is 2.91. The van der Waals surface area contributed by atoms with E-state index in [9.17, 15) is 30.0 Å². The fourth-order valence-electron chi connectivity index (χ4n) is 7.04. The molecule has 3 saturated carbocycles. The lowest BCUT2D eigenvalue weighted by molar-refractivity contribution is -0.223. The minimum absolute atomic E-state index is 0.0183. The molecule has 0 saturated heterocycles. The Hall–Kier alpha value is -1.40. The van der Waals surface area contributed by atoms with Crippen LogP contribution in [0.3, 0.4) is 0 Å². The number of aliphatic hydroxyl groups is 2. The molecule has 4 aliphatic rings. The fourth-order valence-corrected chi connectivity index (χ4v) is 7.04. The Bertz CT molecular complexity index is 686. The van der Waals surface area contributed by atoms with Gasteiger partial charge in [-0.15, -0.1) is 0 Å². The predicted molar refractivity (Wildman–Crippen MR) is 92.3 cm³/mol.